The largest absolute Gasteiger partial charge is 0.465 e. The average Bonchev–Trinajstić information content (AvgIpc) is 3.25. The van der Waals surface area contributed by atoms with Gasteiger partial charge in [-0.15, -0.1) is 0 Å². The molecule has 1 aromatic heterocycles. The lowest BCUT2D eigenvalue weighted by Gasteiger charge is -2.36. The van der Waals surface area contributed by atoms with Crippen molar-refractivity contribution in [3.63, 3.8) is 0 Å². The fourth-order valence-electron chi connectivity index (χ4n) is 5.05. The number of hydrogen-bond acceptors (Lipinski definition) is 5. The molecule has 0 saturated carbocycles. The second-order valence-electron chi connectivity index (χ2n) is 9.27. The predicted molar refractivity (Wildman–Crippen MR) is 136 cm³/mol. The summed E-state index contributed by atoms with van der Waals surface area (Å²) >= 11 is 0. The third-order valence-corrected chi connectivity index (χ3v) is 7.16. The van der Waals surface area contributed by atoms with Crippen molar-refractivity contribution in [2.24, 2.45) is 5.92 Å². The quantitative estimate of drug-likeness (QED) is 0.568. The molecule has 0 spiro atoms. The summed E-state index contributed by atoms with van der Waals surface area (Å²) < 4.78 is 2.10. The van der Waals surface area contributed by atoms with Gasteiger partial charge < -0.3 is 19.5 Å². The number of carbonyl (C=O) groups is 2. The number of piperazine rings is 1. The molecule has 2 N–H and O–H groups in total. The minimum absolute atomic E-state index is 0.0805. The smallest absolute Gasteiger partial charge is 0.407 e. The van der Waals surface area contributed by atoms with Crippen molar-refractivity contribution in [3.05, 3.63) is 54.6 Å². The van der Waals surface area contributed by atoms with E-state index in [0.29, 0.717) is 31.9 Å². The maximum Gasteiger partial charge on any atom is 0.407 e. The first-order chi connectivity index (χ1) is 17.1. The third-order valence-electron chi connectivity index (χ3n) is 7.16. The Hall–Kier alpha value is -3.59. The van der Waals surface area contributed by atoms with E-state index < -0.39 is 6.09 Å². The molecule has 2 fully saturated rings. The molecule has 0 atom stereocenters. The molecule has 2 amide bonds. The van der Waals surface area contributed by atoms with Crippen molar-refractivity contribution in [1.82, 2.24) is 19.4 Å². The lowest BCUT2D eigenvalue weighted by Crippen LogP contribution is -2.47. The Morgan fingerprint density at radius 2 is 1.57 bits per heavy atom. The summed E-state index contributed by atoms with van der Waals surface area (Å²) in [5, 5.41) is 12.2. The van der Waals surface area contributed by atoms with E-state index in [0.717, 1.165) is 50.3 Å². The number of nitrogens with one attached hydrogen (secondary N) is 1. The van der Waals surface area contributed by atoms with Gasteiger partial charge in [-0.1, -0.05) is 30.3 Å². The van der Waals surface area contributed by atoms with Crippen LogP contribution in [0, 0.1) is 5.92 Å². The zero-order valence-electron chi connectivity index (χ0n) is 19.8. The van der Waals surface area contributed by atoms with Crippen molar-refractivity contribution in [2.75, 3.05) is 56.0 Å². The van der Waals surface area contributed by atoms with E-state index in [1.165, 1.54) is 10.6 Å². The molecule has 35 heavy (non-hydrogen) atoms. The molecule has 0 bridgehead atoms. The van der Waals surface area contributed by atoms with Crippen LogP contribution in [0.1, 0.15) is 12.8 Å². The van der Waals surface area contributed by atoms with E-state index in [4.69, 9.17) is 10.1 Å². The number of amides is 2. The Balaban J connectivity index is 1.22. The van der Waals surface area contributed by atoms with Gasteiger partial charge in [-0.3, -0.25) is 15.0 Å². The van der Waals surface area contributed by atoms with Crippen LogP contribution in [0.25, 0.3) is 11.0 Å². The molecule has 0 radical (unpaired) electrons. The number of benzene rings is 2. The average molecular weight is 477 g/mol. The molecule has 2 aromatic carbocycles. The number of carboxylic acid groups (broad SMARTS) is 1. The van der Waals surface area contributed by atoms with Crippen LogP contribution in [0.5, 0.6) is 0 Å². The summed E-state index contributed by atoms with van der Waals surface area (Å²) in [4.78, 5) is 35.1. The van der Waals surface area contributed by atoms with Crippen molar-refractivity contribution in [3.8, 4) is 0 Å². The van der Waals surface area contributed by atoms with Crippen LogP contribution in [-0.2, 0) is 11.3 Å². The minimum Gasteiger partial charge on any atom is -0.465 e. The van der Waals surface area contributed by atoms with Crippen molar-refractivity contribution >= 4 is 34.7 Å². The van der Waals surface area contributed by atoms with Gasteiger partial charge in [0, 0.05) is 64.0 Å². The number of rotatable bonds is 6. The maximum atomic E-state index is 13.0. The van der Waals surface area contributed by atoms with Gasteiger partial charge >= 0.3 is 6.09 Å². The standard InChI is InChI=1S/C26H32N6O3/c33-24(20-10-12-31(13-11-20)26(34)35)28-25-27-22-8-4-5-9-23(22)32(25)19-16-29-14-17-30(18-15-29)21-6-2-1-3-7-21/h1-9,20H,10-19H2,(H,34,35)(H,27,28,33). The van der Waals surface area contributed by atoms with Crippen molar-refractivity contribution in [1.29, 1.82) is 0 Å². The summed E-state index contributed by atoms with van der Waals surface area (Å²) in [6, 6.07) is 18.5. The van der Waals surface area contributed by atoms with E-state index in [1.54, 1.807) is 0 Å². The van der Waals surface area contributed by atoms with E-state index >= 15 is 0 Å². The third kappa shape index (κ3) is 5.24. The number of fused-ring (bicyclic) bond motifs is 1. The van der Waals surface area contributed by atoms with Gasteiger partial charge in [0.05, 0.1) is 11.0 Å². The zero-order chi connectivity index (χ0) is 24.2. The highest BCUT2D eigenvalue weighted by Crippen LogP contribution is 2.23. The summed E-state index contributed by atoms with van der Waals surface area (Å²) in [5.74, 6) is 0.285. The fourth-order valence-corrected chi connectivity index (χ4v) is 5.05. The first-order valence-electron chi connectivity index (χ1n) is 12.3. The number of piperidine rings is 1. The van der Waals surface area contributed by atoms with Crippen LogP contribution < -0.4 is 10.2 Å². The second kappa shape index (κ2) is 10.4. The molecule has 0 unspecified atom stereocenters. The highest BCUT2D eigenvalue weighted by Gasteiger charge is 2.28. The Bertz CT molecular complexity index is 1160. The van der Waals surface area contributed by atoms with Crippen LogP contribution in [0.2, 0.25) is 0 Å². The fraction of sp³-hybridized carbons (Fsp3) is 0.423. The number of imidazole rings is 1. The first kappa shape index (κ1) is 23.2. The van der Waals surface area contributed by atoms with Gasteiger partial charge in [-0.05, 0) is 37.1 Å². The second-order valence-corrected chi connectivity index (χ2v) is 9.27. The molecule has 2 aliphatic heterocycles. The van der Waals surface area contributed by atoms with Gasteiger partial charge in [-0.25, -0.2) is 9.78 Å². The topological polar surface area (TPSA) is 93.9 Å². The summed E-state index contributed by atoms with van der Waals surface area (Å²) in [5.41, 5.74) is 3.13. The van der Waals surface area contributed by atoms with Gasteiger partial charge in [-0.2, -0.15) is 0 Å². The molecule has 184 valence electrons. The molecular weight excluding hydrogens is 444 g/mol. The van der Waals surface area contributed by atoms with Crippen LogP contribution in [0.3, 0.4) is 0 Å². The lowest BCUT2D eigenvalue weighted by atomic mass is 9.96. The SMILES string of the molecule is O=C(Nc1nc2ccccc2n1CCN1CCN(c2ccccc2)CC1)C1CCN(C(=O)O)CC1. The molecular formula is C26H32N6O3. The van der Waals surface area contributed by atoms with Gasteiger partial charge in [0.2, 0.25) is 11.9 Å². The highest BCUT2D eigenvalue weighted by molar-refractivity contribution is 5.93. The highest BCUT2D eigenvalue weighted by atomic mass is 16.4. The Labute approximate surface area is 204 Å². The first-order valence-corrected chi connectivity index (χ1v) is 12.3. The number of anilines is 2. The summed E-state index contributed by atoms with van der Waals surface area (Å²) in [6.45, 7) is 6.36. The van der Waals surface area contributed by atoms with Gasteiger partial charge in [0.25, 0.3) is 0 Å². The van der Waals surface area contributed by atoms with E-state index in [1.807, 2.05) is 30.3 Å². The molecule has 0 aliphatic carbocycles. The number of likely N-dealkylation sites (tertiary alicyclic amines) is 1. The van der Waals surface area contributed by atoms with Crippen LogP contribution in [0.15, 0.2) is 54.6 Å². The predicted octanol–water partition coefficient (Wildman–Crippen LogP) is 3.19. The number of nitrogens with zero attached hydrogens (tertiary/aromatic N) is 5. The van der Waals surface area contributed by atoms with E-state index in [2.05, 4.69) is 43.9 Å². The van der Waals surface area contributed by atoms with Crippen molar-refractivity contribution in [2.45, 2.75) is 19.4 Å². The summed E-state index contributed by atoms with van der Waals surface area (Å²) in [6.07, 6.45) is 0.143. The molecule has 9 heteroatoms. The molecule has 5 rings (SSSR count). The number of carbonyl (C=O) groups excluding carboxylic acids is 1. The minimum atomic E-state index is -0.921. The maximum absolute atomic E-state index is 13.0. The molecule has 3 aromatic rings. The molecule has 2 saturated heterocycles. The van der Waals surface area contributed by atoms with E-state index in [-0.39, 0.29) is 11.8 Å². The number of aromatic nitrogens is 2. The number of hydrogen-bond donors (Lipinski definition) is 2. The Morgan fingerprint density at radius 3 is 2.29 bits per heavy atom. The van der Waals surface area contributed by atoms with Crippen LogP contribution in [-0.4, -0.2) is 82.3 Å². The molecule has 2 aliphatic rings. The van der Waals surface area contributed by atoms with Gasteiger partial charge in [0.1, 0.15) is 0 Å². The lowest BCUT2D eigenvalue weighted by molar-refractivity contribution is -0.121. The van der Waals surface area contributed by atoms with Crippen molar-refractivity contribution < 1.29 is 14.7 Å². The molecule has 9 nitrogen and oxygen atoms in total. The molecule has 3 heterocycles. The summed E-state index contributed by atoms with van der Waals surface area (Å²) in [7, 11) is 0. The Morgan fingerprint density at radius 1 is 0.886 bits per heavy atom. The number of para-hydroxylation sites is 3. The normalized spacial score (nSPS) is 17.6. The van der Waals surface area contributed by atoms with Crippen LogP contribution in [0.4, 0.5) is 16.4 Å². The van der Waals surface area contributed by atoms with E-state index in [9.17, 15) is 9.59 Å². The van der Waals surface area contributed by atoms with Gasteiger partial charge in [0.15, 0.2) is 0 Å². The Kier molecular flexibility index (Phi) is 6.85. The van der Waals surface area contributed by atoms with Crippen LogP contribution >= 0.6 is 0 Å². The monoisotopic (exact) mass is 476 g/mol. The zero-order valence-corrected chi connectivity index (χ0v) is 19.8.